The number of unbranched alkanes of at least 4 members (excludes halogenated alkanes) is 5. The molecule has 0 aromatic rings. The molecule has 6 nitrogen and oxygen atoms in total. The molecule has 126 valence electrons. The van der Waals surface area contributed by atoms with Crippen LogP contribution in [0, 0.1) is 5.92 Å². The summed E-state index contributed by atoms with van der Waals surface area (Å²) in [5, 5.41) is 17.7. The van der Waals surface area contributed by atoms with Gasteiger partial charge in [-0.3, -0.25) is 9.59 Å². The number of allylic oxidation sites excluding steroid dienone is 1. The zero-order valence-electron chi connectivity index (χ0n) is 12.8. The van der Waals surface area contributed by atoms with E-state index in [9.17, 15) is 9.59 Å². The van der Waals surface area contributed by atoms with Crippen molar-refractivity contribution in [2.75, 3.05) is 0 Å². The first-order valence-electron chi connectivity index (χ1n) is 7.58. The summed E-state index contributed by atoms with van der Waals surface area (Å²) in [6.45, 7) is 2.16. The van der Waals surface area contributed by atoms with E-state index in [1.54, 1.807) is 0 Å². The van der Waals surface area contributed by atoms with E-state index < -0.39 is 17.9 Å². The van der Waals surface area contributed by atoms with Gasteiger partial charge in [-0.25, -0.2) is 0 Å². The molecule has 0 aliphatic rings. The van der Waals surface area contributed by atoms with Crippen LogP contribution < -0.4 is 11.5 Å². The average Bonchev–Trinajstić information content (AvgIpc) is 2.39. The molecule has 0 radical (unpaired) electrons. The number of nitrogens with two attached hydrogens (primary N) is 2. The number of carboxylic acid groups (broad SMARTS) is 2. The first-order chi connectivity index (χ1) is 9.90. The second-order valence-electron chi connectivity index (χ2n) is 5.34. The third-order valence-electron chi connectivity index (χ3n) is 3.57. The Hall–Kier alpha value is 0.280. The van der Waals surface area contributed by atoms with Crippen LogP contribution in [0.4, 0.5) is 0 Å². The summed E-state index contributed by atoms with van der Waals surface area (Å²) in [7, 11) is 0. The van der Waals surface area contributed by atoms with Crippen LogP contribution in [0.25, 0.3) is 0 Å². The van der Waals surface area contributed by atoms with Crippen molar-refractivity contribution in [3.05, 3.63) is 11.4 Å². The number of carbonyl (C=O) groups is 2. The molecule has 0 fully saturated rings. The predicted molar refractivity (Wildman–Crippen MR) is 95.7 cm³/mol. The molecule has 0 aliphatic carbocycles. The molecule has 0 unspecified atom stereocenters. The molecule has 0 aliphatic heterocycles. The second-order valence-corrected chi connectivity index (χ2v) is 5.34. The van der Waals surface area contributed by atoms with Crippen molar-refractivity contribution in [3.8, 4) is 0 Å². The summed E-state index contributed by atoms with van der Waals surface area (Å²) in [5.74, 6) is -3.85. The van der Waals surface area contributed by atoms with Crippen molar-refractivity contribution in [1.82, 2.24) is 0 Å². The topological polar surface area (TPSA) is 127 Å². The third kappa shape index (κ3) is 14.3. The van der Waals surface area contributed by atoms with Crippen molar-refractivity contribution >= 4 is 71.1 Å². The summed E-state index contributed by atoms with van der Waals surface area (Å²) < 4.78 is 0. The molecule has 0 heterocycles. The Balaban J connectivity index is -0.00000200. The Labute approximate surface area is 183 Å². The van der Waals surface area contributed by atoms with Gasteiger partial charge in [-0.1, -0.05) is 39.0 Å². The Bertz CT molecular complexity index is 358. The van der Waals surface area contributed by atoms with Gasteiger partial charge in [0.2, 0.25) is 0 Å². The molecule has 0 amide bonds. The van der Waals surface area contributed by atoms with Crippen molar-refractivity contribution in [3.63, 3.8) is 0 Å². The molecular weight excluding hydrogens is 318 g/mol. The number of rotatable bonds is 12. The third-order valence-corrected chi connectivity index (χ3v) is 3.57. The van der Waals surface area contributed by atoms with Crippen molar-refractivity contribution in [1.29, 1.82) is 0 Å². The van der Waals surface area contributed by atoms with Gasteiger partial charge in [-0.05, 0) is 31.3 Å². The fourth-order valence-corrected chi connectivity index (χ4v) is 2.20. The SMILES string of the molecule is CCCCCCCCC(CCC(C(=O)O)C(=O)O)=C(N)N.[NaH].[NaH]. The van der Waals surface area contributed by atoms with Crippen LogP contribution in [0.15, 0.2) is 11.4 Å². The van der Waals surface area contributed by atoms with E-state index in [4.69, 9.17) is 21.7 Å². The Morgan fingerprint density at radius 1 is 0.870 bits per heavy atom. The standard InChI is InChI=1S/C15H28N2O4.2Na.2H/c1-2-3-4-5-6-7-8-11(13(16)17)9-10-12(14(18)19)15(20)21;;;;/h12H,2-10,16-17H2,1H3,(H,18,19)(H,20,21);;;;. The van der Waals surface area contributed by atoms with Crippen LogP contribution in [0.2, 0.25) is 0 Å². The monoisotopic (exact) mass is 348 g/mol. The van der Waals surface area contributed by atoms with Crippen LogP contribution >= 0.6 is 0 Å². The van der Waals surface area contributed by atoms with Crippen molar-refractivity contribution in [2.45, 2.75) is 64.7 Å². The molecule has 6 N–H and O–H groups in total. The van der Waals surface area contributed by atoms with Gasteiger partial charge in [0.15, 0.2) is 5.92 Å². The molecule has 0 rings (SSSR count). The molecule has 0 aromatic heterocycles. The van der Waals surface area contributed by atoms with Gasteiger partial charge in [0, 0.05) is 0 Å². The molecular formula is C15H30N2Na2O4. The van der Waals surface area contributed by atoms with Gasteiger partial charge in [0.1, 0.15) is 0 Å². The number of hydrogen-bond donors (Lipinski definition) is 4. The minimum absolute atomic E-state index is 0. The van der Waals surface area contributed by atoms with Gasteiger partial charge < -0.3 is 21.7 Å². The first kappa shape index (κ1) is 28.1. The van der Waals surface area contributed by atoms with Crippen LogP contribution in [-0.2, 0) is 9.59 Å². The van der Waals surface area contributed by atoms with E-state index in [-0.39, 0.29) is 71.4 Å². The van der Waals surface area contributed by atoms with E-state index in [1.165, 1.54) is 25.7 Å². The molecule has 23 heavy (non-hydrogen) atoms. The minimum atomic E-state index is -1.40. The second kappa shape index (κ2) is 17.1. The zero-order chi connectivity index (χ0) is 16.3. The zero-order valence-corrected chi connectivity index (χ0v) is 12.8. The number of hydrogen-bond acceptors (Lipinski definition) is 4. The van der Waals surface area contributed by atoms with Gasteiger partial charge in [-0.2, -0.15) is 0 Å². The normalized spacial score (nSPS) is 9.65. The molecule has 0 aromatic carbocycles. The summed E-state index contributed by atoms with van der Waals surface area (Å²) in [6.07, 6.45) is 7.90. The van der Waals surface area contributed by atoms with Gasteiger partial charge in [0.25, 0.3) is 0 Å². The van der Waals surface area contributed by atoms with Crippen LogP contribution in [0.5, 0.6) is 0 Å². The molecule has 0 spiro atoms. The van der Waals surface area contributed by atoms with Crippen LogP contribution in [0.1, 0.15) is 64.7 Å². The van der Waals surface area contributed by atoms with E-state index in [2.05, 4.69) is 6.92 Å². The Kier molecular flexibility index (Phi) is 20.9. The fourth-order valence-electron chi connectivity index (χ4n) is 2.20. The van der Waals surface area contributed by atoms with Crippen molar-refractivity contribution in [2.24, 2.45) is 17.4 Å². The average molecular weight is 348 g/mol. The molecule has 0 atom stereocenters. The van der Waals surface area contributed by atoms with Crippen molar-refractivity contribution < 1.29 is 19.8 Å². The molecule has 0 saturated carbocycles. The first-order valence-corrected chi connectivity index (χ1v) is 7.58. The molecule has 0 saturated heterocycles. The maximum atomic E-state index is 10.8. The quantitative estimate of drug-likeness (QED) is 0.238. The summed E-state index contributed by atoms with van der Waals surface area (Å²) >= 11 is 0. The Morgan fingerprint density at radius 2 is 1.35 bits per heavy atom. The van der Waals surface area contributed by atoms with Gasteiger partial charge in [-0.15, -0.1) is 0 Å². The van der Waals surface area contributed by atoms with E-state index in [0.29, 0.717) is 12.8 Å². The van der Waals surface area contributed by atoms with Crippen LogP contribution in [0.3, 0.4) is 0 Å². The maximum absolute atomic E-state index is 10.8. The van der Waals surface area contributed by atoms with Gasteiger partial charge in [0.05, 0.1) is 5.82 Å². The summed E-state index contributed by atoms with van der Waals surface area (Å²) in [6, 6.07) is 0. The van der Waals surface area contributed by atoms with Crippen LogP contribution in [-0.4, -0.2) is 81.3 Å². The Morgan fingerprint density at radius 3 is 1.78 bits per heavy atom. The number of aliphatic carboxylic acids is 2. The number of carboxylic acids is 2. The summed E-state index contributed by atoms with van der Waals surface area (Å²) in [4.78, 5) is 21.6. The van der Waals surface area contributed by atoms with Gasteiger partial charge >= 0.3 is 71.1 Å². The predicted octanol–water partition coefficient (Wildman–Crippen LogP) is 1.13. The fraction of sp³-hybridized carbons (Fsp3) is 0.733. The van der Waals surface area contributed by atoms with E-state index in [0.717, 1.165) is 18.4 Å². The molecule has 0 bridgehead atoms. The molecule has 8 heteroatoms. The van der Waals surface area contributed by atoms with E-state index in [1.807, 2.05) is 0 Å². The summed E-state index contributed by atoms with van der Waals surface area (Å²) in [5.41, 5.74) is 12.0. The van der Waals surface area contributed by atoms with E-state index >= 15 is 0 Å².